The van der Waals surface area contributed by atoms with Gasteiger partial charge in [-0.2, -0.15) is 0 Å². The Morgan fingerprint density at radius 1 is 1.20 bits per heavy atom. The van der Waals surface area contributed by atoms with Crippen molar-refractivity contribution in [2.75, 3.05) is 0 Å². The summed E-state index contributed by atoms with van der Waals surface area (Å²) in [6, 6.07) is 10.7. The molecule has 0 amide bonds. The second-order valence-corrected chi connectivity index (χ2v) is 4.67. The zero-order valence-electron chi connectivity index (χ0n) is 10.5. The first kappa shape index (κ1) is 14.5. The van der Waals surface area contributed by atoms with Gasteiger partial charge in [-0.05, 0) is 41.5 Å². The SMILES string of the molecule is O=C(O)c1ccc(F)cc1COCc1cccc(Cl)c1. The Morgan fingerprint density at radius 2 is 2.00 bits per heavy atom. The molecule has 5 heteroatoms. The Balaban J connectivity index is 2.04. The average Bonchev–Trinajstić information content (AvgIpc) is 2.38. The van der Waals surface area contributed by atoms with Crippen molar-refractivity contribution in [1.82, 2.24) is 0 Å². The topological polar surface area (TPSA) is 46.5 Å². The maximum absolute atomic E-state index is 13.1. The minimum absolute atomic E-state index is 0.0197. The molecule has 0 heterocycles. The molecule has 0 unspecified atom stereocenters. The maximum Gasteiger partial charge on any atom is 0.336 e. The number of benzene rings is 2. The molecule has 104 valence electrons. The van der Waals surface area contributed by atoms with E-state index >= 15 is 0 Å². The summed E-state index contributed by atoms with van der Waals surface area (Å²) in [6.07, 6.45) is 0. The number of hydrogen-bond donors (Lipinski definition) is 1. The fourth-order valence-corrected chi connectivity index (χ4v) is 2.01. The molecule has 0 aliphatic heterocycles. The molecule has 0 saturated carbocycles. The largest absolute Gasteiger partial charge is 0.478 e. The van der Waals surface area contributed by atoms with Gasteiger partial charge >= 0.3 is 5.97 Å². The predicted octanol–water partition coefficient (Wildman–Crippen LogP) is 3.89. The van der Waals surface area contributed by atoms with E-state index in [-0.39, 0.29) is 18.8 Å². The van der Waals surface area contributed by atoms with Gasteiger partial charge in [-0.25, -0.2) is 9.18 Å². The summed E-state index contributed by atoms with van der Waals surface area (Å²) in [5.74, 6) is -1.59. The third-order valence-corrected chi connectivity index (χ3v) is 2.95. The van der Waals surface area contributed by atoms with Crippen LogP contribution in [0.3, 0.4) is 0 Å². The van der Waals surface area contributed by atoms with Gasteiger partial charge < -0.3 is 9.84 Å². The summed E-state index contributed by atoms with van der Waals surface area (Å²) in [4.78, 5) is 11.0. The first-order valence-corrected chi connectivity index (χ1v) is 6.28. The lowest BCUT2D eigenvalue weighted by Crippen LogP contribution is -2.05. The van der Waals surface area contributed by atoms with Crippen LogP contribution >= 0.6 is 11.6 Å². The van der Waals surface area contributed by atoms with E-state index in [9.17, 15) is 9.18 Å². The molecule has 20 heavy (non-hydrogen) atoms. The fraction of sp³-hybridized carbons (Fsp3) is 0.133. The molecule has 0 bridgehead atoms. The summed E-state index contributed by atoms with van der Waals surface area (Å²) in [7, 11) is 0. The number of carboxylic acids is 1. The Bertz CT molecular complexity index is 628. The van der Waals surface area contributed by atoms with Crippen LogP contribution in [0.25, 0.3) is 0 Å². The standard InChI is InChI=1S/C15H12ClFO3/c16-12-3-1-2-10(6-12)8-20-9-11-7-13(17)4-5-14(11)15(18)19/h1-7H,8-9H2,(H,18,19). The van der Waals surface area contributed by atoms with Crippen molar-refractivity contribution in [2.45, 2.75) is 13.2 Å². The van der Waals surface area contributed by atoms with Gasteiger partial charge in [0.1, 0.15) is 5.82 Å². The first-order valence-electron chi connectivity index (χ1n) is 5.90. The second-order valence-electron chi connectivity index (χ2n) is 4.23. The van der Waals surface area contributed by atoms with E-state index < -0.39 is 11.8 Å². The first-order chi connectivity index (χ1) is 9.56. The number of carboxylic acid groups (broad SMARTS) is 1. The maximum atomic E-state index is 13.1. The molecule has 1 N–H and O–H groups in total. The van der Waals surface area contributed by atoms with Gasteiger partial charge in [-0.1, -0.05) is 23.7 Å². The van der Waals surface area contributed by atoms with Crippen molar-refractivity contribution in [3.8, 4) is 0 Å². The minimum atomic E-state index is -1.11. The molecule has 0 aromatic heterocycles. The van der Waals surface area contributed by atoms with Crippen LogP contribution in [0.1, 0.15) is 21.5 Å². The van der Waals surface area contributed by atoms with Crippen molar-refractivity contribution in [2.24, 2.45) is 0 Å². The third kappa shape index (κ3) is 3.79. The van der Waals surface area contributed by atoms with Crippen LogP contribution in [0.4, 0.5) is 4.39 Å². The molecule has 2 aromatic rings. The summed E-state index contributed by atoms with van der Waals surface area (Å²) < 4.78 is 18.6. The molecule has 0 aliphatic rings. The van der Waals surface area contributed by atoms with E-state index in [2.05, 4.69) is 0 Å². The minimum Gasteiger partial charge on any atom is -0.478 e. The molecule has 3 nitrogen and oxygen atoms in total. The molecular formula is C15H12ClFO3. The second kappa shape index (κ2) is 6.50. The molecule has 0 fully saturated rings. The fourth-order valence-electron chi connectivity index (χ4n) is 1.80. The lowest BCUT2D eigenvalue weighted by molar-refractivity contribution is 0.0684. The van der Waals surface area contributed by atoms with Gasteiger partial charge in [0, 0.05) is 5.02 Å². The number of aromatic carboxylic acids is 1. The Morgan fingerprint density at radius 3 is 2.70 bits per heavy atom. The number of ether oxygens (including phenoxy) is 1. The number of halogens is 2. The van der Waals surface area contributed by atoms with Gasteiger partial charge in [0.2, 0.25) is 0 Å². The van der Waals surface area contributed by atoms with Gasteiger partial charge in [0.15, 0.2) is 0 Å². The highest BCUT2D eigenvalue weighted by Crippen LogP contribution is 2.15. The average molecular weight is 295 g/mol. The normalized spacial score (nSPS) is 10.5. The smallest absolute Gasteiger partial charge is 0.336 e. The van der Waals surface area contributed by atoms with E-state index in [1.165, 1.54) is 12.1 Å². The van der Waals surface area contributed by atoms with Gasteiger partial charge in [0.05, 0.1) is 18.8 Å². The zero-order valence-corrected chi connectivity index (χ0v) is 11.2. The van der Waals surface area contributed by atoms with Crippen molar-refractivity contribution in [1.29, 1.82) is 0 Å². The van der Waals surface area contributed by atoms with Crippen molar-refractivity contribution in [3.05, 3.63) is 70.0 Å². The summed E-state index contributed by atoms with van der Waals surface area (Å²) in [5, 5.41) is 9.61. The Labute approximate surface area is 120 Å². The molecule has 0 atom stereocenters. The molecule has 0 aliphatic carbocycles. The zero-order chi connectivity index (χ0) is 14.5. The van der Waals surface area contributed by atoms with Crippen molar-refractivity contribution >= 4 is 17.6 Å². The summed E-state index contributed by atoms with van der Waals surface area (Å²) >= 11 is 5.85. The van der Waals surface area contributed by atoms with E-state index in [1.807, 2.05) is 6.07 Å². The van der Waals surface area contributed by atoms with Crippen LogP contribution in [0.5, 0.6) is 0 Å². The van der Waals surface area contributed by atoms with Crippen molar-refractivity contribution in [3.63, 3.8) is 0 Å². The Kier molecular flexibility index (Phi) is 4.71. The predicted molar refractivity (Wildman–Crippen MR) is 73.3 cm³/mol. The highest BCUT2D eigenvalue weighted by molar-refractivity contribution is 6.30. The van der Waals surface area contributed by atoms with E-state index in [4.69, 9.17) is 21.4 Å². The quantitative estimate of drug-likeness (QED) is 0.910. The van der Waals surface area contributed by atoms with E-state index in [0.717, 1.165) is 11.6 Å². The number of carbonyl (C=O) groups is 1. The molecule has 2 rings (SSSR count). The number of rotatable bonds is 5. The molecule has 0 spiro atoms. The van der Waals surface area contributed by atoms with E-state index in [0.29, 0.717) is 10.6 Å². The lowest BCUT2D eigenvalue weighted by Gasteiger charge is -2.08. The molecule has 2 aromatic carbocycles. The van der Waals surface area contributed by atoms with Crippen LogP contribution in [-0.2, 0) is 18.0 Å². The highest BCUT2D eigenvalue weighted by Gasteiger charge is 2.11. The summed E-state index contributed by atoms with van der Waals surface area (Å²) in [5.41, 5.74) is 1.21. The van der Waals surface area contributed by atoms with Crippen LogP contribution in [0, 0.1) is 5.82 Å². The van der Waals surface area contributed by atoms with Crippen LogP contribution in [0.2, 0.25) is 5.02 Å². The monoisotopic (exact) mass is 294 g/mol. The van der Waals surface area contributed by atoms with Crippen LogP contribution < -0.4 is 0 Å². The summed E-state index contributed by atoms with van der Waals surface area (Å²) in [6.45, 7) is 0.294. The van der Waals surface area contributed by atoms with Crippen LogP contribution in [0.15, 0.2) is 42.5 Å². The molecular weight excluding hydrogens is 283 g/mol. The highest BCUT2D eigenvalue weighted by atomic mass is 35.5. The number of hydrogen-bond acceptors (Lipinski definition) is 2. The van der Waals surface area contributed by atoms with Gasteiger partial charge in [-0.3, -0.25) is 0 Å². The molecule has 0 saturated heterocycles. The van der Waals surface area contributed by atoms with E-state index in [1.54, 1.807) is 18.2 Å². The van der Waals surface area contributed by atoms with Crippen molar-refractivity contribution < 1.29 is 19.0 Å². The van der Waals surface area contributed by atoms with Gasteiger partial charge in [-0.15, -0.1) is 0 Å². The van der Waals surface area contributed by atoms with Gasteiger partial charge in [0.25, 0.3) is 0 Å². The van der Waals surface area contributed by atoms with Crippen LogP contribution in [-0.4, -0.2) is 11.1 Å². The Hall–Kier alpha value is -1.91. The molecule has 0 radical (unpaired) electrons. The lowest BCUT2D eigenvalue weighted by atomic mass is 10.1. The third-order valence-electron chi connectivity index (χ3n) is 2.71.